The lowest BCUT2D eigenvalue weighted by Crippen LogP contribution is -1.98. The number of hydrogen-bond acceptors (Lipinski definition) is 6. The number of nitrogens with zero attached hydrogens (tertiary/aromatic N) is 2. The average Bonchev–Trinajstić information content (AvgIpc) is 2.56. The van der Waals surface area contributed by atoms with E-state index in [1.807, 2.05) is 0 Å². The minimum atomic E-state index is -0.762. The first kappa shape index (κ1) is 8.49. The van der Waals surface area contributed by atoms with Gasteiger partial charge in [0, 0.05) is 12.4 Å². The Kier molecular flexibility index (Phi) is 1.81. The highest BCUT2D eigenvalue weighted by atomic mass is 16.5. The predicted molar refractivity (Wildman–Crippen MR) is 44.8 cm³/mol. The molecule has 0 fully saturated rings. The van der Waals surface area contributed by atoms with E-state index in [0.717, 1.165) is 0 Å². The zero-order valence-electron chi connectivity index (χ0n) is 7.22. The number of methoxy groups -OCH3 is 1. The van der Waals surface area contributed by atoms with Gasteiger partial charge in [0.1, 0.15) is 0 Å². The van der Waals surface area contributed by atoms with Crippen LogP contribution in [0.5, 0.6) is 5.75 Å². The largest absolute Gasteiger partial charge is 0.502 e. The molecule has 2 rings (SSSR count). The Morgan fingerprint density at radius 3 is 2.86 bits per heavy atom. The van der Waals surface area contributed by atoms with Crippen molar-refractivity contribution in [1.82, 2.24) is 9.97 Å². The van der Waals surface area contributed by atoms with Gasteiger partial charge in [0.05, 0.1) is 7.11 Å². The zero-order valence-corrected chi connectivity index (χ0v) is 7.22. The van der Waals surface area contributed by atoms with Crippen LogP contribution in [0, 0.1) is 0 Å². The number of hydrogen-bond donors (Lipinski definition) is 1. The minimum absolute atomic E-state index is 0.102. The highest BCUT2D eigenvalue weighted by Gasteiger charge is 2.21. The summed E-state index contributed by atoms with van der Waals surface area (Å²) in [5.41, 5.74) is 0.248. The molecular formula is C8H6N2O4. The number of esters is 1. The second-order valence-electron chi connectivity index (χ2n) is 2.48. The predicted octanol–water partition coefficient (Wildman–Crippen LogP) is 0.715. The van der Waals surface area contributed by atoms with Gasteiger partial charge in [-0.2, -0.15) is 0 Å². The Morgan fingerprint density at radius 1 is 1.50 bits per heavy atom. The number of ether oxygens (including phenoxy) is 1. The Balaban J connectivity index is 2.68. The fourth-order valence-corrected chi connectivity index (χ4v) is 1.05. The topological polar surface area (TPSA) is 85.5 Å². The van der Waals surface area contributed by atoms with Crippen molar-refractivity contribution in [3.63, 3.8) is 0 Å². The number of rotatable bonds is 1. The molecule has 0 saturated heterocycles. The van der Waals surface area contributed by atoms with Gasteiger partial charge in [-0.1, -0.05) is 0 Å². The molecular weight excluding hydrogens is 188 g/mol. The van der Waals surface area contributed by atoms with Gasteiger partial charge in [-0.15, -0.1) is 0 Å². The van der Waals surface area contributed by atoms with Crippen LogP contribution in [0.25, 0.3) is 11.2 Å². The van der Waals surface area contributed by atoms with Crippen LogP contribution >= 0.6 is 0 Å². The van der Waals surface area contributed by atoms with E-state index < -0.39 is 5.97 Å². The monoisotopic (exact) mass is 194 g/mol. The summed E-state index contributed by atoms with van der Waals surface area (Å²) in [6.07, 6.45) is 2.78. The van der Waals surface area contributed by atoms with Crippen molar-refractivity contribution >= 4 is 17.2 Å². The maximum atomic E-state index is 11.1. The van der Waals surface area contributed by atoms with Gasteiger partial charge in [0.15, 0.2) is 11.3 Å². The molecule has 2 aromatic rings. The highest BCUT2D eigenvalue weighted by molar-refractivity contribution is 5.95. The number of carbonyl (C=O) groups excluding carboxylic acids is 1. The van der Waals surface area contributed by atoms with Crippen molar-refractivity contribution in [2.75, 3.05) is 7.11 Å². The van der Waals surface area contributed by atoms with Crippen molar-refractivity contribution in [3.05, 3.63) is 18.2 Å². The van der Waals surface area contributed by atoms with Crippen molar-refractivity contribution in [2.24, 2.45) is 0 Å². The third-order valence-corrected chi connectivity index (χ3v) is 1.67. The molecule has 0 atom stereocenters. The number of carbonyl (C=O) groups is 1. The van der Waals surface area contributed by atoms with Gasteiger partial charge in [-0.05, 0) is 0 Å². The van der Waals surface area contributed by atoms with Gasteiger partial charge in [-0.3, -0.25) is 0 Å². The average molecular weight is 194 g/mol. The molecule has 1 N–H and O–H groups in total. The summed E-state index contributed by atoms with van der Waals surface area (Å²) in [7, 11) is 1.19. The molecule has 0 amide bonds. The van der Waals surface area contributed by atoms with Gasteiger partial charge in [-0.25, -0.2) is 14.8 Å². The van der Waals surface area contributed by atoms with Crippen molar-refractivity contribution in [1.29, 1.82) is 0 Å². The highest BCUT2D eigenvalue weighted by Crippen LogP contribution is 2.28. The SMILES string of the molecule is COC(=O)c1oc2nccnc2c1O. The van der Waals surface area contributed by atoms with Crippen LogP contribution < -0.4 is 0 Å². The quantitative estimate of drug-likeness (QED) is 0.673. The van der Waals surface area contributed by atoms with Crippen molar-refractivity contribution in [2.45, 2.75) is 0 Å². The lowest BCUT2D eigenvalue weighted by atomic mass is 10.4. The van der Waals surface area contributed by atoms with E-state index in [9.17, 15) is 9.90 Å². The molecule has 14 heavy (non-hydrogen) atoms. The van der Waals surface area contributed by atoms with Crippen LogP contribution in [-0.4, -0.2) is 28.2 Å². The summed E-state index contributed by atoms with van der Waals surface area (Å²) in [6, 6.07) is 0. The van der Waals surface area contributed by atoms with Crippen LogP contribution in [0.1, 0.15) is 10.6 Å². The Bertz CT molecular complexity index is 491. The van der Waals surface area contributed by atoms with Crippen LogP contribution in [0.3, 0.4) is 0 Å². The summed E-state index contributed by atoms with van der Waals surface area (Å²) in [5, 5.41) is 9.49. The fraction of sp³-hybridized carbons (Fsp3) is 0.125. The number of fused-ring (bicyclic) bond motifs is 1. The minimum Gasteiger partial charge on any atom is -0.502 e. The normalized spacial score (nSPS) is 10.4. The maximum Gasteiger partial charge on any atom is 0.378 e. The molecule has 0 saturated carbocycles. The molecule has 0 bridgehead atoms. The molecule has 0 unspecified atom stereocenters. The smallest absolute Gasteiger partial charge is 0.378 e. The first-order chi connectivity index (χ1) is 6.74. The second kappa shape index (κ2) is 2.99. The van der Waals surface area contributed by atoms with E-state index in [4.69, 9.17) is 4.42 Å². The molecule has 0 aromatic carbocycles. The third-order valence-electron chi connectivity index (χ3n) is 1.67. The molecule has 6 nitrogen and oxygen atoms in total. The lowest BCUT2D eigenvalue weighted by Gasteiger charge is -1.92. The third kappa shape index (κ3) is 1.08. The second-order valence-corrected chi connectivity index (χ2v) is 2.48. The molecule has 72 valence electrons. The van der Waals surface area contributed by atoms with E-state index in [0.29, 0.717) is 0 Å². The van der Waals surface area contributed by atoms with Crippen LogP contribution in [0.4, 0.5) is 0 Å². The molecule has 2 heterocycles. The number of aromatic hydroxyl groups is 1. The fourth-order valence-electron chi connectivity index (χ4n) is 1.05. The summed E-state index contributed by atoms with van der Waals surface area (Å²) < 4.78 is 9.35. The number of furan rings is 1. The Hall–Kier alpha value is -2.11. The molecule has 0 aliphatic carbocycles. The van der Waals surface area contributed by atoms with Crippen LogP contribution in [-0.2, 0) is 4.74 Å². The van der Waals surface area contributed by atoms with Gasteiger partial charge in [0.2, 0.25) is 5.71 Å². The van der Waals surface area contributed by atoms with Crippen molar-refractivity contribution < 1.29 is 19.1 Å². The summed E-state index contributed by atoms with van der Waals surface area (Å²) in [6.45, 7) is 0. The van der Waals surface area contributed by atoms with Gasteiger partial charge >= 0.3 is 5.97 Å². The zero-order chi connectivity index (χ0) is 10.1. The first-order valence-electron chi connectivity index (χ1n) is 3.75. The van der Waals surface area contributed by atoms with E-state index in [1.165, 1.54) is 19.5 Å². The summed E-state index contributed by atoms with van der Waals surface area (Å²) in [5.74, 6) is -1.39. The number of aromatic nitrogens is 2. The standard InChI is InChI=1S/C8H6N2O4/c1-13-8(12)6-5(11)4-7(14-6)10-3-2-9-4/h2-3,11H,1H3. The lowest BCUT2D eigenvalue weighted by molar-refractivity contribution is 0.0563. The Labute approximate surface area is 78.1 Å². The molecule has 0 spiro atoms. The van der Waals surface area contributed by atoms with Gasteiger partial charge < -0.3 is 14.3 Å². The molecule has 0 aliphatic heterocycles. The summed E-state index contributed by atoms with van der Waals surface area (Å²) >= 11 is 0. The van der Waals surface area contributed by atoms with E-state index in [2.05, 4.69) is 14.7 Å². The maximum absolute atomic E-state index is 11.1. The van der Waals surface area contributed by atoms with Crippen molar-refractivity contribution in [3.8, 4) is 5.75 Å². The van der Waals surface area contributed by atoms with E-state index in [-0.39, 0.29) is 22.7 Å². The van der Waals surface area contributed by atoms with E-state index in [1.54, 1.807) is 0 Å². The molecule has 6 heteroatoms. The summed E-state index contributed by atoms with van der Waals surface area (Å²) in [4.78, 5) is 18.7. The Morgan fingerprint density at radius 2 is 2.21 bits per heavy atom. The van der Waals surface area contributed by atoms with Gasteiger partial charge in [0.25, 0.3) is 5.76 Å². The molecule has 2 aromatic heterocycles. The van der Waals surface area contributed by atoms with E-state index >= 15 is 0 Å². The molecule has 0 radical (unpaired) electrons. The molecule has 0 aliphatic rings. The van der Waals surface area contributed by atoms with Crippen LogP contribution in [0.15, 0.2) is 16.8 Å². The van der Waals surface area contributed by atoms with Crippen LogP contribution in [0.2, 0.25) is 0 Å². The first-order valence-corrected chi connectivity index (χ1v) is 3.75.